The van der Waals surface area contributed by atoms with Gasteiger partial charge in [-0.15, -0.1) is 0 Å². The number of carboxylic acids is 1. The molecule has 0 spiro atoms. The largest absolute Gasteiger partial charge is 0.478 e. The van der Waals surface area contributed by atoms with Crippen molar-refractivity contribution >= 4 is 5.97 Å². The molecule has 1 aliphatic heterocycles. The topological polar surface area (TPSA) is 76.0 Å². The van der Waals surface area contributed by atoms with Crippen LogP contribution in [0.15, 0.2) is 53.8 Å². The number of ether oxygens (including phenoxy) is 2. The van der Waals surface area contributed by atoms with Crippen LogP contribution >= 0.6 is 0 Å². The summed E-state index contributed by atoms with van der Waals surface area (Å²) >= 11 is 0. The lowest BCUT2D eigenvalue weighted by molar-refractivity contribution is -0.160. The Kier molecular flexibility index (Phi) is 4.27. The van der Waals surface area contributed by atoms with Gasteiger partial charge in [0.25, 0.3) is 0 Å². The highest BCUT2D eigenvalue weighted by Gasteiger charge is 2.44. The quantitative estimate of drug-likeness (QED) is 0.814. The molecule has 116 valence electrons. The van der Waals surface area contributed by atoms with Crippen LogP contribution in [0, 0.1) is 11.8 Å². The van der Waals surface area contributed by atoms with Crippen LogP contribution in [0.4, 0.5) is 0 Å². The van der Waals surface area contributed by atoms with Gasteiger partial charge in [0, 0.05) is 5.92 Å². The highest BCUT2D eigenvalue weighted by Crippen LogP contribution is 2.43. The lowest BCUT2D eigenvalue weighted by Gasteiger charge is -2.34. The van der Waals surface area contributed by atoms with Gasteiger partial charge in [0.05, 0.1) is 31.0 Å². The van der Waals surface area contributed by atoms with Crippen LogP contribution in [0.25, 0.3) is 0 Å². The molecule has 5 nitrogen and oxygen atoms in total. The van der Waals surface area contributed by atoms with Crippen molar-refractivity contribution in [1.29, 1.82) is 0 Å². The molecular weight excluding hydrogens is 284 g/mol. The second kappa shape index (κ2) is 6.34. The Labute approximate surface area is 128 Å². The number of aliphatic hydroxyl groups excluding tert-OH is 1. The van der Waals surface area contributed by atoms with Gasteiger partial charge < -0.3 is 19.7 Å². The van der Waals surface area contributed by atoms with Crippen LogP contribution in [0.2, 0.25) is 0 Å². The van der Waals surface area contributed by atoms with Crippen LogP contribution in [0.5, 0.6) is 0 Å². The van der Waals surface area contributed by atoms with Crippen molar-refractivity contribution in [3.8, 4) is 0 Å². The molecule has 3 atom stereocenters. The molecule has 1 heterocycles. The minimum absolute atomic E-state index is 0.109. The van der Waals surface area contributed by atoms with E-state index in [4.69, 9.17) is 9.47 Å². The van der Waals surface area contributed by atoms with E-state index in [1.54, 1.807) is 0 Å². The second-order valence-electron chi connectivity index (χ2n) is 5.48. The molecule has 0 saturated carbocycles. The van der Waals surface area contributed by atoms with Crippen molar-refractivity contribution in [3.05, 3.63) is 59.4 Å². The molecule has 0 aromatic heterocycles. The molecular formula is C17H18O5. The van der Waals surface area contributed by atoms with Gasteiger partial charge in [-0.3, -0.25) is 0 Å². The lowest BCUT2D eigenvalue weighted by Crippen LogP contribution is -2.37. The van der Waals surface area contributed by atoms with Crippen LogP contribution in [-0.4, -0.2) is 29.1 Å². The van der Waals surface area contributed by atoms with Gasteiger partial charge in [-0.1, -0.05) is 36.4 Å². The fourth-order valence-electron chi connectivity index (χ4n) is 3.09. The van der Waals surface area contributed by atoms with E-state index in [9.17, 15) is 15.0 Å². The third-order valence-corrected chi connectivity index (χ3v) is 4.20. The lowest BCUT2D eigenvalue weighted by atomic mass is 9.83. The summed E-state index contributed by atoms with van der Waals surface area (Å²) < 4.78 is 11.3. The minimum atomic E-state index is -0.982. The van der Waals surface area contributed by atoms with Crippen LogP contribution in [0.1, 0.15) is 12.0 Å². The van der Waals surface area contributed by atoms with E-state index in [1.165, 1.54) is 6.26 Å². The molecule has 0 saturated heterocycles. The van der Waals surface area contributed by atoms with Crippen molar-refractivity contribution in [3.63, 3.8) is 0 Å². The normalized spacial score (nSPS) is 26.7. The summed E-state index contributed by atoms with van der Waals surface area (Å²) in [4.78, 5) is 11.3. The van der Waals surface area contributed by atoms with Crippen molar-refractivity contribution in [2.45, 2.75) is 19.3 Å². The first-order chi connectivity index (χ1) is 10.7. The number of aliphatic carboxylic acids is 1. The summed E-state index contributed by atoms with van der Waals surface area (Å²) in [7, 11) is 0. The molecule has 0 amide bonds. The Morgan fingerprint density at radius 1 is 1.32 bits per heavy atom. The standard InChI is InChI=1S/C17H18O5/c18-8-12-6-7-13-14(16(19)20)10-22-17(15(12)13)21-9-11-4-2-1-3-5-11/h1-6,10,13,15,17-18H,7-9H2,(H,19,20)/t13-,15-,17-/m1/s1. The molecule has 1 aromatic rings. The Morgan fingerprint density at radius 2 is 2.09 bits per heavy atom. The molecule has 2 aliphatic rings. The highest BCUT2D eigenvalue weighted by molar-refractivity contribution is 5.87. The first-order valence-electron chi connectivity index (χ1n) is 7.25. The van der Waals surface area contributed by atoms with Gasteiger partial charge in [-0.05, 0) is 17.6 Å². The Balaban J connectivity index is 1.76. The van der Waals surface area contributed by atoms with E-state index in [0.29, 0.717) is 13.0 Å². The number of carboxylic acid groups (broad SMARTS) is 1. The van der Waals surface area contributed by atoms with E-state index >= 15 is 0 Å². The van der Waals surface area contributed by atoms with E-state index in [0.717, 1.165) is 11.1 Å². The first kappa shape index (κ1) is 14.8. The summed E-state index contributed by atoms with van der Waals surface area (Å²) in [5, 5.41) is 18.8. The number of rotatable bonds is 5. The summed E-state index contributed by atoms with van der Waals surface area (Å²) in [6, 6.07) is 9.70. The highest BCUT2D eigenvalue weighted by atomic mass is 16.7. The number of carbonyl (C=O) groups is 1. The molecule has 3 rings (SSSR count). The van der Waals surface area contributed by atoms with Crippen LogP contribution in [-0.2, 0) is 20.9 Å². The number of fused-ring (bicyclic) bond motifs is 1. The van der Waals surface area contributed by atoms with Crippen molar-refractivity contribution < 1.29 is 24.5 Å². The number of allylic oxidation sites excluding steroid dienone is 1. The molecule has 5 heteroatoms. The molecule has 22 heavy (non-hydrogen) atoms. The zero-order valence-electron chi connectivity index (χ0n) is 12.0. The molecule has 0 unspecified atom stereocenters. The number of aliphatic hydroxyl groups is 1. The maximum absolute atomic E-state index is 11.3. The molecule has 0 radical (unpaired) electrons. The van der Waals surface area contributed by atoms with Gasteiger partial charge in [0.1, 0.15) is 0 Å². The van der Waals surface area contributed by atoms with Gasteiger partial charge in [-0.2, -0.15) is 0 Å². The third kappa shape index (κ3) is 2.77. The average molecular weight is 302 g/mol. The number of hydrogen-bond donors (Lipinski definition) is 2. The second-order valence-corrected chi connectivity index (χ2v) is 5.48. The Bertz CT molecular complexity index is 605. The fourth-order valence-corrected chi connectivity index (χ4v) is 3.09. The molecule has 0 bridgehead atoms. The molecule has 1 aromatic carbocycles. The van der Waals surface area contributed by atoms with Crippen molar-refractivity contribution in [2.24, 2.45) is 11.8 Å². The van der Waals surface area contributed by atoms with E-state index in [1.807, 2.05) is 36.4 Å². The minimum Gasteiger partial charge on any atom is -0.478 e. The van der Waals surface area contributed by atoms with Gasteiger partial charge in [0.15, 0.2) is 0 Å². The predicted molar refractivity (Wildman–Crippen MR) is 78.6 cm³/mol. The van der Waals surface area contributed by atoms with E-state index < -0.39 is 12.3 Å². The predicted octanol–water partition coefficient (Wildman–Crippen LogP) is 2.08. The summed E-state index contributed by atoms with van der Waals surface area (Å²) in [6.07, 6.45) is 3.19. The number of benzene rings is 1. The monoisotopic (exact) mass is 302 g/mol. The summed E-state index contributed by atoms with van der Waals surface area (Å²) in [6.45, 7) is 0.270. The summed E-state index contributed by atoms with van der Waals surface area (Å²) in [5.41, 5.74) is 2.04. The third-order valence-electron chi connectivity index (χ3n) is 4.20. The fraction of sp³-hybridized carbons (Fsp3) is 0.353. The Hall–Kier alpha value is -2.11. The number of hydrogen-bond acceptors (Lipinski definition) is 4. The van der Waals surface area contributed by atoms with Gasteiger partial charge >= 0.3 is 5.97 Å². The SMILES string of the molecule is O=C(O)C1=CO[C@@H](OCc2ccccc2)[C@@H]2C(CO)=CC[C@H]12. The maximum atomic E-state index is 11.3. The van der Waals surface area contributed by atoms with Crippen molar-refractivity contribution in [2.75, 3.05) is 6.61 Å². The molecule has 2 N–H and O–H groups in total. The average Bonchev–Trinajstić information content (AvgIpc) is 2.97. The van der Waals surface area contributed by atoms with Gasteiger partial charge in [-0.25, -0.2) is 4.79 Å². The summed E-state index contributed by atoms with van der Waals surface area (Å²) in [5.74, 6) is -1.43. The van der Waals surface area contributed by atoms with Crippen LogP contribution < -0.4 is 0 Å². The smallest absolute Gasteiger partial charge is 0.335 e. The van der Waals surface area contributed by atoms with Crippen LogP contribution in [0.3, 0.4) is 0 Å². The first-order valence-corrected chi connectivity index (χ1v) is 7.25. The zero-order chi connectivity index (χ0) is 15.5. The van der Waals surface area contributed by atoms with Crippen molar-refractivity contribution in [1.82, 2.24) is 0 Å². The van der Waals surface area contributed by atoms with E-state index in [2.05, 4.69) is 0 Å². The molecule has 1 aliphatic carbocycles. The Morgan fingerprint density at radius 3 is 2.77 bits per heavy atom. The molecule has 0 fully saturated rings. The maximum Gasteiger partial charge on any atom is 0.335 e. The van der Waals surface area contributed by atoms with Gasteiger partial charge in [0.2, 0.25) is 6.29 Å². The van der Waals surface area contributed by atoms with E-state index in [-0.39, 0.29) is 24.0 Å². The zero-order valence-corrected chi connectivity index (χ0v) is 12.0.